The van der Waals surface area contributed by atoms with Gasteiger partial charge in [0.15, 0.2) is 14.6 Å². The van der Waals surface area contributed by atoms with Gasteiger partial charge in [-0.25, -0.2) is 0 Å². The molecule has 212 valence electrons. The summed E-state index contributed by atoms with van der Waals surface area (Å²) in [6.45, 7) is 23.1. The first-order valence-corrected chi connectivity index (χ1v) is 16.6. The van der Waals surface area contributed by atoms with Crippen LogP contribution < -0.4 is 4.74 Å². The second kappa shape index (κ2) is 14.2. The van der Waals surface area contributed by atoms with Crippen LogP contribution in [0.4, 0.5) is 0 Å². The van der Waals surface area contributed by atoms with Crippen molar-refractivity contribution in [1.29, 1.82) is 0 Å². The van der Waals surface area contributed by atoms with E-state index in [2.05, 4.69) is 61.2 Å². The molecule has 0 amide bonds. The third-order valence-corrected chi connectivity index (χ3v) is 12.7. The molecule has 1 aliphatic heterocycles. The van der Waals surface area contributed by atoms with E-state index in [9.17, 15) is 0 Å². The van der Waals surface area contributed by atoms with Gasteiger partial charge >= 0.3 is 0 Å². The summed E-state index contributed by atoms with van der Waals surface area (Å²) in [5.74, 6) is 1.36. The molecule has 6 nitrogen and oxygen atoms in total. The van der Waals surface area contributed by atoms with E-state index in [1.807, 2.05) is 30.3 Å². The van der Waals surface area contributed by atoms with Crippen molar-refractivity contribution in [3.63, 3.8) is 0 Å². The van der Waals surface area contributed by atoms with Crippen molar-refractivity contribution in [2.75, 3.05) is 27.6 Å². The molecule has 0 spiro atoms. The second-order valence-corrected chi connectivity index (χ2v) is 16.8. The Kier molecular flexibility index (Phi) is 12.3. The van der Waals surface area contributed by atoms with Gasteiger partial charge in [0.2, 0.25) is 0 Å². The van der Waals surface area contributed by atoms with E-state index >= 15 is 0 Å². The lowest BCUT2D eigenvalue weighted by atomic mass is 9.80. The number of ether oxygens (including phenoxy) is 5. The molecule has 2 rings (SSSR count). The van der Waals surface area contributed by atoms with Crippen LogP contribution in [-0.4, -0.2) is 54.2 Å². The van der Waals surface area contributed by atoms with Crippen molar-refractivity contribution >= 4 is 8.32 Å². The largest absolute Gasteiger partial charge is 0.497 e. The predicted octanol–water partition coefficient (Wildman–Crippen LogP) is 7.36. The first-order valence-electron chi connectivity index (χ1n) is 13.7. The highest BCUT2D eigenvalue weighted by Crippen LogP contribution is 2.41. The molecule has 37 heavy (non-hydrogen) atoms. The number of hydrogen-bond acceptors (Lipinski definition) is 6. The molecule has 1 fully saturated rings. The lowest BCUT2D eigenvalue weighted by molar-refractivity contribution is -0.244. The standard InChI is InChI=1S/C30H52O6Si/c1-12-13-21(2)27(36-37(10,11)30(5,6)7)23(4)28(34-20-31-8)22(3)26-18-19-33-29(35-26)24-14-16-25(32-9)17-15-24/h12,14-17,21-23,26-29H,1,13,18-20H2,2-11H3/t21-,22-,23-,26+,27+,28-,29?/m0/s1. The van der Waals surface area contributed by atoms with Crippen LogP contribution in [0.25, 0.3) is 0 Å². The third-order valence-electron chi connectivity index (χ3n) is 8.21. The Hall–Kier alpha value is -1.22. The van der Waals surface area contributed by atoms with E-state index in [0.717, 1.165) is 24.2 Å². The molecule has 7 heteroatoms. The van der Waals surface area contributed by atoms with Gasteiger partial charge in [-0.2, -0.15) is 0 Å². The fourth-order valence-corrected chi connectivity index (χ4v) is 6.34. The summed E-state index contributed by atoms with van der Waals surface area (Å²) in [5, 5.41) is 0.114. The summed E-state index contributed by atoms with van der Waals surface area (Å²) in [7, 11) is 1.31. The van der Waals surface area contributed by atoms with E-state index in [1.54, 1.807) is 14.2 Å². The molecule has 1 aromatic carbocycles. The minimum absolute atomic E-state index is 0.0200. The monoisotopic (exact) mass is 536 g/mol. The molecule has 0 aromatic heterocycles. The Labute approximate surface area is 227 Å². The zero-order chi connectivity index (χ0) is 27.8. The van der Waals surface area contributed by atoms with E-state index in [1.165, 1.54) is 0 Å². The van der Waals surface area contributed by atoms with Gasteiger partial charge in [0.25, 0.3) is 0 Å². The number of benzene rings is 1. The molecule has 0 bridgehead atoms. The van der Waals surface area contributed by atoms with Gasteiger partial charge in [-0.3, -0.25) is 0 Å². The second-order valence-electron chi connectivity index (χ2n) is 12.0. The number of allylic oxidation sites excluding steroid dienone is 1. The summed E-state index contributed by atoms with van der Waals surface area (Å²) in [6, 6.07) is 7.87. The average Bonchev–Trinajstić information content (AvgIpc) is 2.86. The van der Waals surface area contributed by atoms with Crippen molar-refractivity contribution < 1.29 is 28.1 Å². The van der Waals surface area contributed by atoms with Gasteiger partial charge < -0.3 is 28.1 Å². The molecule has 0 saturated carbocycles. The van der Waals surface area contributed by atoms with Crippen LogP contribution in [0.2, 0.25) is 18.1 Å². The maximum absolute atomic E-state index is 7.08. The van der Waals surface area contributed by atoms with Crippen LogP contribution in [0.1, 0.15) is 66.2 Å². The molecule has 1 aromatic rings. The van der Waals surface area contributed by atoms with Crippen LogP contribution in [0, 0.1) is 17.8 Å². The zero-order valence-corrected chi connectivity index (χ0v) is 25.9. The number of methoxy groups -OCH3 is 2. The quantitative estimate of drug-likeness (QED) is 0.141. The Morgan fingerprint density at radius 2 is 1.73 bits per heavy atom. The topological polar surface area (TPSA) is 55.4 Å². The first kappa shape index (κ1) is 32.0. The molecule has 7 atom stereocenters. The highest BCUT2D eigenvalue weighted by Gasteiger charge is 2.45. The smallest absolute Gasteiger partial charge is 0.192 e. The van der Waals surface area contributed by atoms with Gasteiger partial charge in [0, 0.05) is 24.5 Å². The fraction of sp³-hybridized carbons (Fsp3) is 0.733. The lowest BCUT2D eigenvalue weighted by Crippen LogP contribution is -2.51. The van der Waals surface area contributed by atoms with Crippen molar-refractivity contribution in [2.24, 2.45) is 17.8 Å². The summed E-state index contributed by atoms with van der Waals surface area (Å²) in [5.41, 5.74) is 0.985. The maximum atomic E-state index is 7.08. The molecule has 1 heterocycles. The number of hydrogen-bond donors (Lipinski definition) is 0. The fourth-order valence-electron chi connectivity index (χ4n) is 4.86. The van der Waals surface area contributed by atoms with Crippen molar-refractivity contribution in [1.82, 2.24) is 0 Å². The minimum atomic E-state index is -2.02. The van der Waals surface area contributed by atoms with Crippen LogP contribution in [-0.2, 0) is 23.4 Å². The molecule has 0 radical (unpaired) electrons. The molecule has 1 aliphatic rings. The van der Waals surface area contributed by atoms with Crippen molar-refractivity contribution in [3.8, 4) is 5.75 Å². The van der Waals surface area contributed by atoms with E-state index in [0.29, 0.717) is 12.5 Å². The molecule has 0 N–H and O–H groups in total. The molecular weight excluding hydrogens is 484 g/mol. The zero-order valence-electron chi connectivity index (χ0n) is 24.9. The summed E-state index contributed by atoms with van der Waals surface area (Å²) >= 11 is 0. The van der Waals surface area contributed by atoms with Gasteiger partial charge in [-0.15, -0.1) is 6.58 Å². The highest BCUT2D eigenvalue weighted by molar-refractivity contribution is 6.74. The minimum Gasteiger partial charge on any atom is -0.497 e. The lowest BCUT2D eigenvalue weighted by Gasteiger charge is -2.46. The van der Waals surface area contributed by atoms with Gasteiger partial charge in [-0.05, 0) is 49.0 Å². The van der Waals surface area contributed by atoms with Crippen LogP contribution in [0.15, 0.2) is 36.9 Å². The normalized spacial score (nSPS) is 23.1. The van der Waals surface area contributed by atoms with E-state index < -0.39 is 14.6 Å². The molecule has 1 unspecified atom stereocenters. The van der Waals surface area contributed by atoms with Crippen molar-refractivity contribution in [3.05, 3.63) is 42.5 Å². The van der Waals surface area contributed by atoms with Gasteiger partial charge in [-0.1, -0.05) is 59.8 Å². The molecular formula is C30H52O6Si. The van der Waals surface area contributed by atoms with Crippen LogP contribution >= 0.6 is 0 Å². The Morgan fingerprint density at radius 1 is 1.08 bits per heavy atom. The van der Waals surface area contributed by atoms with E-state index in [4.69, 9.17) is 28.1 Å². The van der Waals surface area contributed by atoms with Crippen LogP contribution in [0.3, 0.4) is 0 Å². The Balaban J connectivity index is 2.29. The highest BCUT2D eigenvalue weighted by atomic mass is 28.4. The number of rotatable bonds is 14. The van der Waals surface area contributed by atoms with Crippen molar-refractivity contribution in [2.45, 2.75) is 97.1 Å². The van der Waals surface area contributed by atoms with E-state index in [-0.39, 0.29) is 42.0 Å². The molecule has 0 aliphatic carbocycles. The summed E-state index contributed by atoms with van der Waals surface area (Å²) in [6.07, 6.45) is 3.18. The SMILES string of the molecule is C=CC[C@H](C)[C@@H](O[Si](C)(C)C(C)(C)C)[C@H](C)[C@@H](OCOC)[C@@H](C)[C@H]1CCOC(c2ccc(OC)cc2)O1. The Morgan fingerprint density at radius 3 is 2.27 bits per heavy atom. The summed E-state index contributed by atoms with van der Waals surface area (Å²) < 4.78 is 36.7. The summed E-state index contributed by atoms with van der Waals surface area (Å²) in [4.78, 5) is 0. The average molecular weight is 537 g/mol. The van der Waals surface area contributed by atoms with Gasteiger partial charge in [0.05, 0.1) is 32.0 Å². The van der Waals surface area contributed by atoms with Gasteiger partial charge in [0.1, 0.15) is 12.5 Å². The predicted molar refractivity (Wildman–Crippen MR) is 152 cm³/mol. The first-order chi connectivity index (χ1) is 17.4. The molecule has 1 saturated heterocycles. The maximum Gasteiger partial charge on any atom is 0.192 e. The van der Waals surface area contributed by atoms with Crippen LogP contribution in [0.5, 0.6) is 5.75 Å². The Bertz CT molecular complexity index is 805. The third kappa shape index (κ3) is 8.64.